The van der Waals surface area contributed by atoms with Gasteiger partial charge in [0, 0.05) is 30.4 Å². The van der Waals surface area contributed by atoms with Crippen LogP contribution in [0.25, 0.3) is 5.57 Å². The molecule has 29 heavy (non-hydrogen) atoms. The third kappa shape index (κ3) is 3.63. The van der Waals surface area contributed by atoms with Crippen molar-refractivity contribution >= 4 is 23.1 Å². The number of nitrogens with zero attached hydrogens (tertiary/aromatic N) is 2. The molecule has 0 aromatic heterocycles. The second-order valence-corrected chi connectivity index (χ2v) is 6.73. The minimum absolute atomic E-state index is 0.114. The number of morpholine rings is 1. The van der Waals surface area contributed by atoms with Gasteiger partial charge in [0.1, 0.15) is 0 Å². The molecular weight excluding hydrogens is 385 g/mol. The molecule has 0 atom stereocenters. The topological polar surface area (TPSA) is 49.9 Å². The number of hydrogen-bond donors (Lipinski definition) is 0. The summed E-state index contributed by atoms with van der Waals surface area (Å²) in [5, 5.41) is 0. The summed E-state index contributed by atoms with van der Waals surface area (Å²) < 4.78 is 44.7. The molecule has 2 aromatic rings. The maximum absolute atomic E-state index is 13.2. The van der Waals surface area contributed by atoms with Crippen molar-refractivity contribution in [3.63, 3.8) is 0 Å². The molecule has 0 saturated carbocycles. The Bertz CT molecular complexity index is 995. The van der Waals surface area contributed by atoms with Crippen LogP contribution in [0.5, 0.6) is 0 Å². The first kappa shape index (κ1) is 19.2. The predicted molar refractivity (Wildman–Crippen MR) is 100 cm³/mol. The summed E-state index contributed by atoms with van der Waals surface area (Å²) in [4.78, 5) is 28.9. The van der Waals surface area contributed by atoms with Crippen molar-refractivity contribution in [2.24, 2.45) is 0 Å². The van der Waals surface area contributed by atoms with Crippen molar-refractivity contribution in [3.05, 3.63) is 71.4 Å². The zero-order chi connectivity index (χ0) is 20.6. The van der Waals surface area contributed by atoms with Crippen LogP contribution in [0.3, 0.4) is 0 Å². The van der Waals surface area contributed by atoms with E-state index in [9.17, 15) is 22.8 Å². The lowest BCUT2D eigenvalue weighted by atomic mass is 9.93. The highest BCUT2D eigenvalue weighted by Crippen LogP contribution is 2.36. The minimum Gasteiger partial charge on any atom is -0.378 e. The summed E-state index contributed by atoms with van der Waals surface area (Å²) in [6.07, 6.45) is -2.92. The lowest BCUT2D eigenvalue weighted by Gasteiger charge is -2.31. The highest BCUT2D eigenvalue weighted by molar-refractivity contribution is 6.41. The summed E-state index contributed by atoms with van der Waals surface area (Å²) in [6.45, 7) is 2.18. The number of imide groups is 1. The van der Waals surface area contributed by atoms with Crippen molar-refractivity contribution in [2.75, 3.05) is 31.2 Å². The highest BCUT2D eigenvalue weighted by Gasteiger charge is 2.38. The molecule has 0 aliphatic carbocycles. The molecule has 1 saturated heterocycles. The number of carbonyl (C=O) groups excluding carboxylic acids is 2. The van der Waals surface area contributed by atoms with Gasteiger partial charge in [-0.3, -0.25) is 9.59 Å². The second-order valence-electron chi connectivity index (χ2n) is 6.73. The number of fused-ring (bicyclic) bond motifs is 1. The van der Waals surface area contributed by atoms with Gasteiger partial charge < -0.3 is 9.64 Å². The summed E-state index contributed by atoms with van der Waals surface area (Å²) >= 11 is 0. The summed E-state index contributed by atoms with van der Waals surface area (Å²) in [5.41, 5.74) is -0.0360. The van der Waals surface area contributed by atoms with E-state index in [1.807, 2.05) is 4.90 Å². The third-order valence-electron chi connectivity index (χ3n) is 4.87. The molecule has 2 aliphatic heterocycles. The van der Waals surface area contributed by atoms with Gasteiger partial charge in [0.25, 0.3) is 11.8 Å². The molecule has 8 heteroatoms. The molecule has 150 valence electrons. The quantitative estimate of drug-likeness (QED) is 0.569. The fraction of sp³-hybridized carbons (Fsp3) is 0.238. The van der Waals surface area contributed by atoms with Gasteiger partial charge in [0.05, 0.1) is 30.0 Å². The first-order valence-corrected chi connectivity index (χ1v) is 9.05. The number of benzene rings is 2. The average Bonchev–Trinajstić information content (AvgIpc) is 2.72. The number of rotatable bonds is 2. The molecule has 0 spiro atoms. The van der Waals surface area contributed by atoms with Crippen LogP contribution in [0, 0.1) is 0 Å². The van der Waals surface area contributed by atoms with Gasteiger partial charge >= 0.3 is 6.18 Å². The second kappa shape index (κ2) is 7.36. The van der Waals surface area contributed by atoms with E-state index in [0.717, 1.165) is 17.0 Å². The van der Waals surface area contributed by atoms with Crippen LogP contribution in [0.15, 0.2) is 54.7 Å². The normalized spacial score (nSPS) is 18.9. The molecular formula is C21H17F3N2O3. The fourth-order valence-corrected chi connectivity index (χ4v) is 3.42. The lowest BCUT2D eigenvalue weighted by molar-refractivity contribution is -0.137. The van der Waals surface area contributed by atoms with Gasteiger partial charge in [-0.15, -0.1) is 0 Å². The number of amides is 2. The average molecular weight is 402 g/mol. The van der Waals surface area contributed by atoms with Crippen LogP contribution in [-0.2, 0) is 15.7 Å². The van der Waals surface area contributed by atoms with Gasteiger partial charge in [-0.05, 0) is 24.3 Å². The molecule has 0 N–H and O–H groups in total. The molecule has 1 fully saturated rings. The van der Waals surface area contributed by atoms with E-state index in [4.69, 9.17) is 4.74 Å². The maximum Gasteiger partial charge on any atom is 0.416 e. The number of halogens is 3. The molecule has 2 aromatic carbocycles. The van der Waals surface area contributed by atoms with Gasteiger partial charge in [-0.1, -0.05) is 24.3 Å². The number of alkyl halides is 3. The Morgan fingerprint density at radius 3 is 2.28 bits per heavy atom. The Morgan fingerprint density at radius 1 is 0.897 bits per heavy atom. The van der Waals surface area contributed by atoms with Crippen LogP contribution in [0.4, 0.5) is 18.9 Å². The van der Waals surface area contributed by atoms with E-state index in [0.29, 0.717) is 31.9 Å². The number of ether oxygens (including phenoxy) is 1. The van der Waals surface area contributed by atoms with Gasteiger partial charge in [-0.25, -0.2) is 4.90 Å². The SMILES string of the molecule is O=C1C(=CN2CCOCC2)c2ccccc2C(=O)N1c1cccc(C(F)(F)F)c1. The van der Waals surface area contributed by atoms with Crippen molar-refractivity contribution < 1.29 is 27.5 Å². The Morgan fingerprint density at radius 2 is 1.59 bits per heavy atom. The molecule has 5 nitrogen and oxygen atoms in total. The maximum atomic E-state index is 13.2. The van der Waals surface area contributed by atoms with Crippen molar-refractivity contribution in [3.8, 4) is 0 Å². The molecule has 2 aliphatic rings. The van der Waals surface area contributed by atoms with E-state index >= 15 is 0 Å². The monoisotopic (exact) mass is 402 g/mol. The number of carbonyl (C=O) groups is 2. The minimum atomic E-state index is -4.58. The van der Waals surface area contributed by atoms with Crippen molar-refractivity contribution in [2.45, 2.75) is 6.18 Å². The predicted octanol–water partition coefficient (Wildman–Crippen LogP) is 3.57. The fourth-order valence-electron chi connectivity index (χ4n) is 3.42. The summed E-state index contributed by atoms with van der Waals surface area (Å²) in [7, 11) is 0. The zero-order valence-corrected chi connectivity index (χ0v) is 15.3. The number of hydrogen-bond acceptors (Lipinski definition) is 4. The van der Waals surface area contributed by atoms with Crippen LogP contribution < -0.4 is 4.90 Å². The van der Waals surface area contributed by atoms with E-state index in [1.165, 1.54) is 12.1 Å². The first-order chi connectivity index (χ1) is 13.9. The van der Waals surface area contributed by atoms with E-state index in [-0.39, 0.29) is 16.8 Å². The van der Waals surface area contributed by atoms with Crippen LogP contribution in [0.1, 0.15) is 21.5 Å². The number of anilines is 1. The molecule has 0 radical (unpaired) electrons. The Hall–Kier alpha value is -3.13. The summed E-state index contributed by atoms with van der Waals surface area (Å²) in [6, 6.07) is 10.8. The largest absolute Gasteiger partial charge is 0.416 e. The Balaban J connectivity index is 1.81. The summed E-state index contributed by atoms with van der Waals surface area (Å²) in [5.74, 6) is -1.30. The van der Waals surface area contributed by atoms with E-state index in [1.54, 1.807) is 30.5 Å². The van der Waals surface area contributed by atoms with Crippen molar-refractivity contribution in [1.29, 1.82) is 0 Å². The Kier molecular flexibility index (Phi) is 4.87. The van der Waals surface area contributed by atoms with Crippen LogP contribution in [0.2, 0.25) is 0 Å². The lowest BCUT2D eigenvalue weighted by Crippen LogP contribution is -2.43. The molecule has 4 rings (SSSR count). The van der Waals surface area contributed by atoms with E-state index in [2.05, 4.69) is 0 Å². The van der Waals surface area contributed by atoms with E-state index < -0.39 is 23.6 Å². The van der Waals surface area contributed by atoms with Gasteiger partial charge in [-0.2, -0.15) is 13.2 Å². The van der Waals surface area contributed by atoms with Crippen LogP contribution in [-0.4, -0.2) is 43.0 Å². The first-order valence-electron chi connectivity index (χ1n) is 9.05. The zero-order valence-electron chi connectivity index (χ0n) is 15.3. The smallest absolute Gasteiger partial charge is 0.378 e. The molecule has 0 bridgehead atoms. The molecule has 2 amide bonds. The van der Waals surface area contributed by atoms with Gasteiger partial charge in [0.15, 0.2) is 0 Å². The molecule has 2 heterocycles. The third-order valence-corrected chi connectivity index (χ3v) is 4.87. The molecule has 0 unspecified atom stereocenters. The van der Waals surface area contributed by atoms with Crippen LogP contribution >= 0.6 is 0 Å². The van der Waals surface area contributed by atoms with Gasteiger partial charge in [0.2, 0.25) is 0 Å². The Labute approximate surface area is 165 Å². The highest BCUT2D eigenvalue weighted by atomic mass is 19.4. The standard InChI is InChI=1S/C21H17F3N2O3/c22-21(23,24)14-4-3-5-15(12-14)26-19(27)17-7-2-1-6-16(17)18(20(26)28)13-25-8-10-29-11-9-25/h1-7,12-13H,8-11H2. The van der Waals surface area contributed by atoms with Crippen molar-refractivity contribution in [1.82, 2.24) is 4.90 Å².